The number of carbonyl (C=O) groups excluding carboxylic acids is 1. The van der Waals surface area contributed by atoms with Crippen LogP contribution in [0.2, 0.25) is 0 Å². The summed E-state index contributed by atoms with van der Waals surface area (Å²) in [4.78, 5) is 12.4. The summed E-state index contributed by atoms with van der Waals surface area (Å²) in [7, 11) is -3.65. The highest BCUT2D eigenvalue weighted by Crippen LogP contribution is 2.20. The first kappa shape index (κ1) is 14.4. The number of nitrogens with two attached hydrogens (primary N) is 1. The summed E-state index contributed by atoms with van der Waals surface area (Å²) in [6, 6.07) is 3.10. The van der Waals surface area contributed by atoms with Gasteiger partial charge in [0.15, 0.2) is 0 Å². The Hall–Kier alpha value is -0.960. The maximum atomic E-state index is 11.6. The summed E-state index contributed by atoms with van der Waals surface area (Å²) in [5.41, 5.74) is 0. The fourth-order valence-electron chi connectivity index (χ4n) is 1.88. The smallest absolute Gasteiger partial charge is 0.247 e. The van der Waals surface area contributed by atoms with Crippen LogP contribution in [0.15, 0.2) is 16.3 Å². The van der Waals surface area contributed by atoms with Crippen molar-refractivity contribution in [3.05, 3.63) is 17.0 Å². The molecule has 6 nitrogen and oxygen atoms in total. The van der Waals surface area contributed by atoms with Gasteiger partial charge in [-0.05, 0) is 25.0 Å². The van der Waals surface area contributed by atoms with E-state index in [0.717, 1.165) is 35.7 Å². The predicted octanol–water partition coefficient (Wildman–Crippen LogP) is 0.581. The molecule has 8 heteroatoms. The van der Waals surface area contributed by atoms with Crippen molar-refractivity contribution >= 4 is 27.3 Å². The lowest BCUT2D eigenvalue weighted by molar-refractivity contribution is -0.123. The molecule has 1 amide bonds. The van der Waals surface area contributed by atoms with Gasteiger partial charge in [0.1, 0.15) is 4.21 Å². The van der Waals surface area contributed by atoms with Crippen LogP contribution in [0.25, 0.3) is 0 Å². The molecular weight excluding hydrogens is 288 g/mol. The first-order valence-corrected chi connectivity index (χ1v) is 8.31. The zero-order chi connectivity index (χ0) is 13.9. The molecule has 0 saturated carbocycles. The molecule has 1 aliphatic rings. The minimum absolute atomic E-state index is 0.0170. The molecule has 0 aliphatic carbocycles. The quantitative estimate of drug-likeness (QED) is 0.831. The SMILES string of the molecule is NS(=O)(=O)c1ccc(CNC(=O)CC2CCCO2)s1. The van der Waals surface area contributed by atoms with Crippen molar-refractivity contribution in [2.24, 2.45) is 5.14 Å². The Morgan fingerprint density at radius 1 is 1.53 bits per heavy atom. The van der Waals surface area contributed by atoms with Crippen LogP contribution < -0.4 is 10.5 Å². The zero-order valence-corrected chi connectivity index (χ0v) is 11.9. The lowest BCUT2D eigenvalue weighted by Gasteiger charge is -2.08. The van der Waals surface area contributed by atoms with Crippen molar-refractivity contribution in [2.45, 2.75) is 36.1 Å². The van der Waals surface area contributed by atoms with Gasteiger partial charge in [-0.3, -0.25) is 4.79 Å². The van der Waals surface area contributed by atoms with Gasteiger partial charge in [0.25, 0.3) is 0 Å². The summed E-state index contributed by atoms with van der Waals surface area (Å²) in [5, 5.41) is 7.76. The topological polar surface area (TPSA) is 98.5 Å². The van der Waals surface area contributed by atoms with Crippen molar-refractivity contribution in [1.29, 1.82) is 0 Å². The normalized spacial score (nSPS) is 19.5. The van der Waals surface area contributed by atoms with E-state index in [9.17, 15) is 13.2 Å². The summed E-state index contributed by atoms with van der Waals surface area (Å²) in [5.74, 6) is -0.0857. The second kappa shape index (κ2) is 6.00. The van der Waals surface area contributed by atoms with Crippen molar-refractivity contribution < 1.29 is 17.9 Å². The fraction of sp³-hybridized carbons (Fsp3) is 0.545. The van der Waals surface area contributed by atoms with Crippen LogP contribution in [0.3, 0.4) is 0 Å². The Balaban J connectivity index is 1.81. The second-order valence-electron chi connectivity index (χ2n) is 4.38. The van der Waals surface area contributed by atoms with E-state index in [1.54, 1.807) is 6.07 Å². The summed E-state index contributed by atoms with van der Waals surface area (Å²) >= 11 is 1.07. The molecule has 1 aromatic heterocycles. The number of sulfonamides is 1. The van der Waals surface area contributed by atoms with Crippen LogP contribution in [-0.2, 0) is 26.1 Å². The first-order chi connectivity index (χ1) is 8.95. The lowest BCUT2D eigenvalue weighted by atomic mass is 10.2. The van der Waals surface area contributed by atoms with Gasteiger partial charge in [0.05, 0.1) is 19.1 Å². The van der Waals surface area contributed by atoms with E-state index in [1.165, 1.54) is 6.07 Å². The Labute approximate surface area is 116 Å². The summed E-state index contributed by atoms with van der Waals surface area (Å²) in [6.45, 7) is 1.03. The molecule has 19 heavy (non-hydrogen) atoms. The molecule has 1 atom stereocenters. The van der Waals surface area contributed by atoms with E-state index in [4.69, 9.17) is 9.88 Å². The molecule has 2 rings (SSSR count). The van der Waals surface area contributed by atoms with Gasteiger partial charge in [-0.25, -0.2) is 13.6 Å². The molecule has 0 bridgehead atoms. The van der Waals surface area contributed by atoms with Gasteiger partial charge >= 0.3 is 0 Å². The molecule has 3 N–H and O–H groups in total. The number of hydrogen-bond donors (Lipinski definition) is 2. The molecular formula is C11H16N2O4S2. The van der Waals surface area contributed by atoms with E-state index < -0.39 is 10.0 Å². The number of nitrogens with one attached hydrogen (secondary N) is 1. The predicted molar refractivity (Wildman–Crippen MR) is 71.1 cm³/mol. The Kier molecular flexibility index (Phi) is 4.56. The van der Waals surface area contributed by atoms with Gasteiger partial charge < -0.3 is 10.1 Å². The molecule has 2 heterocycles. The van der Waals surface area contributed by atoms with Crippen molar-refractivity contribution in [3.63, 3.8) is 0 Å². The van der Waals surface area contributed by atoms with Crippen molar-refractivity contribution in [2.75, 3.05) is 6.61 Å². The van der Waals surface area contributed by atoms with E-state index in [2.05, 4.69) is 5.32 Å². The van der Waals surface area contributed by atoms with Crippen LogP contribution in [0.4, 0.5) is 0 Å². The third-order valence-corrected chi connectivity index (χ3v) is 5.34. The third-order valence-electron chi connectivity index (χ3n) is 2.81. The highest BCUT2D eigenvalue weighted by molar-refractivity contribution is 7.91. The number of carbonyl (C=O) groups is 1. The Morgan fingerprint density at radius 2 is 2.32 bits per heavy atom. The number of primary sulfonamides is 1. The Bertz CT molecular complexity index is 547. The second-order valence-corrected chi connectivity index (χ2v) is 7.34. The standard InChI is InChI=1S/C11H16N2O4S2/c12-19(15,16)11-4-3-9(18-11)7-13-10(14)6-8-2-1-5-17-8/h3-4,8H,1-2,5-7H2,(H,13,14)(H2,12,15,16). The van der Waals surface area contributed by atoms with Crippen molar-refractivity contribution in [3.8, 4) is 0 Å². The molecule has 1 saturated heterocycles. The van der Waals surface area contributed by atoms with E-state index >= 15 is 0 Å². The molecule has 106 valence electrons. The van der Waals surface area contributed by atoms with Gasteiger partial charge in [0, 0.05) is 11.5 Å². The van der Waals surface area contributed by atoms with Gasteiger partial charge in [-0.2, -0.15) is 0 Å². The molecule has 1 aliphatic heterocycles. The van der Waals surface area contributed by atoms with Crippen LogP contribution >= 0.6 is 11.3 Å². The monoisotopic (exact) mass is 304 g/mol. The highest BCUT2D eigenvalue weighted by Gasteiger charge is 2.19. The van der Waals surface area contributed by atoms with E-state index in [0.29, 0.717) is 13.0 Å². The number of rotatable bonds is 5. The number of amides is 1. The zero-order valence-electron chi connectivity index (χ0n) is 10.3. The summed E-state index contributed by atoms with van der Waals surface area (Å²) < 4.78 is 27.7. The van der Waals surface area contributed by atoms with E-state index in [1.807, 2.05) is 0 Å². The Morgan fingerprint density at radius 3 is 2.89 bits per heavy atom. The van der Waals surface area contributed by atoms with Crippen LogP contribution in [0.5, 0.6) is 0 Å². The fourth-order valence-corrected chi connectivity index (χ4v) is 3.59. The average molecular weight is 304 g/mol. The minimum Gasteiger partial charge on any atom is -0.378 e. The average Bonchev–Trinajstić information content (AvgIpc) is 2.95. The van der Waals surface area contributed by atoms with Crippen LogP contribution in [0, 0.1) is 0 Å². The molecule has 1 aromatic rings. The summed E-state index contributed by atoms with van der Waals surface area (Å²) in [6.07, 6.45) is 2.29. The number of ether oxygens (including phenoxy) is 1. The maximum Gasteiger partial charge on any atom is 0.247 e. The molecule has 1 fully saturated rings. The molecule has 0 radical (unpaired) electrons. The van der Waals surface area contributed by atoms with Gasteiger partial charge in [-0.15, -0.1) is 11.3 Å². The highest BCUT2D eigenvalue weighted by atomic mass is 32.2. The first-order valence-electron chi connectivity index (χ1n) is 5.95. The number of thiophene rings is 1. The van der Waals surface area contributed by atoms with E-state index in [-0.39, 0.29) is 16.2 Å². The van der Waals surface area contributed by atoms with Crippen LogP contribution in [-0.4, -0.2) is 27.0 Å². The minimum atomic E-state index is -3.65. The molecule has 1 unspecified atom stereocenters. The number of hydrogen-bond acceptors (Lipinski definition) is 5. The van der Waals surface area contributed by atoms with Gasteiger partial charge in [-0.1, -0.05) is 0 Å². The van der Waals surface area contributed by atoms with Crippen LogP contribution in [0.1, 0.15) is 24.1 Å². The maximum absolute atomic E-state index is 11.6. The molecule has 0 spiro atoms. The largest absolute Gasteiger partial charge is 0.378 e. The lowest BCUT2D eigenvalue weighted by Crippen LogP contribution is -2.26. The third kappa shape index (κ3) is 4.27. The van der Waals surface area contributed by atoms with Gasteiger partial charge in [0.2, 0.25) is 15.9 Å². The molecule has 0 aromatic carbocycles. The van der Waals surface area contributed by atoms with Crippen molar-refractivity contribution in [1.82, 2.24) is 5.32 Å².